The quantitative estimate of drug-likeness (QED) is 0.868. The Morgan fingerprint density at radius 1 is 1.22 bits per heavy atom. The third kappa shape index (κ3) is 3.68. The van der Waals surface area contributed by atoms with Gasteiger partial charge in [-0.05, 0) is 40.9 Å². The molecule has 18 heavy (non-hydrogen) atoms. The first-order chi connectivity index (χ1) is 8.75. The Hall–Kier alpha value is -1.65. The van der Waals surface area contributed by atoms with Crippen LogP contribution in [-0.4, -0.2) is 12.5 Å². The van der Waals surface area contributed by atoms with Crippen LogP contribution in [0.5, 0.6) is 0 Å². The van der Waals surface area contributed by atoms with Crippen LogP contribution in [-0.2, 0) is 11.3 Å². The highest BCUT2D eigenvalue weighted by Crippen LogP contribution is 2.12. The second-order valence-corrected chi connectivity index (χ2v) is 4.84. The predicted molar refractivity (Wildman–Crippen MR) is 75.8 cm³/mol. The molecule has 0 saturated carbocycles. The van der Waals surface area contributed by atoms with Crippen molar-refractivity contribution in [3.8, 4) is 0 Å². The van der Waals surface area contributed by atoms with E-state index in [-0.39, 0.29) is 5.91 Å². The van der Waals surface area contributed by atoms with E-state index in [1.807, 2.05) is 30.3 Å². The van der Waals surface area contributed by atoms with Crippen LogP contribution in [0.1, 0.15) is 11.1 Å². The lowest BCUT2D eigenvalue weighted by atomic mass is 10.2. The molecule has 0 atom stereocenters. The Balaban J connectivity index is 1.74. The van der Waals surface area contributed by atoms with Gasteiger partial charge in [0.2, 0.25) is 5.91 Å². The molecule has 0 fully saturated rings. The van der Waals surface area contributed by atoms with Gasteiger partial charge in [0.05, 0.1) is 6.54 Å². The van der Waals surface area contributed by atoms with E-state index in [1.165, 1.54) is 11.1 Å². The lowest BCUT2D eigenvalue weighted by molar-refractivity contribution is -0.115. The molecule has 2 rings (SSSR count). The first-order valence-electron chi connectivity index (χ1n) is 5.83. The molecule has 0 aliphatic rings. The molecule has 3 nitrogen and oxygen atoms in total. The number of rotatable bonds is 5. The highest BCUT2D eigenvalue weighted by atomic mass is 32.1. The van der Waals surface area contributed by atoms with Crippen LogP contribution in [0.25, 0.3) is 0 Å². The topological polar surface area (TPSA) is 41.1 Å². The summed E-state index contributed by atoms with van der Waals surface area (Å²) < 4.78 is 0. The molecule has 1 aromatic carbocycles. The van der Waals surface area contributed by atoms with E-state index >= 15 is 0 Å². The highest BCUT2D eigenvalue weighted by molar-refractivity contribution is 7.08. The van der Waals surface area contributed by atoms with Crippen LogP contribution in [0.2, 0.25) is 0 Å². The zero-order valence-corrected chi connectivity index (χ0v) is 11.1. The van der Waals surface area contributed by atoms with E-state index < -0.39 is 0 Å². The van der Waals surface area contributed by atoms with Gasteiger partial charge in [-0.15, -0.1) is 0 Å². The Morgan fingerprint density at radius 3 is 2.67 bits per heavy atom. The summed E-state index contributed by atoms with van der Waals surface area (Å²) in [6.07, 6.45) is 0. The zero-order valence-electron chi connectivity index (χ0n) is 10.3. The van der Waals surface area contributed by atoms with Crippen LogP contribution in [0.4, 0.5) is 5.69 Å². The van der Waals surface area contributed by atoms with Gasteiger partial charge in [0, 0.05) is 12.2 Å². The molecular formula is C14H16N2OS. The molecule has 0 unspecified atom stereocenters. The van der Waals surface area contributed by atoms with Gasteiger partial charge in [-0.2, -0.15) is 11.3 Å². The minimum atomic E-state index is -0.0194. The number of carbonyl (C=O) groups excluding carboxylic acids is 1. The van der Waals surface area contributed by atoms with Gasteiger partial charge in [0.25, 0.3) is 0 Å². The Kier molecular flexibility index (Phi) is 4.50. The number of hydrogen-bond donors (Lipinski definition) is 2. The van der Waals surface area contributed by atoms with Crippen LogP contribution in [0.15, 0.2) is 41.1 Å². The van der Waals surface area contributed by atoms with Gasteiger partial charge in [-0.3, -0.25) is 4.79 Å². The standard InChI is InChI=1S/C14H16N2OS/c1-11-9-18-10-12(11)7-15-8-14(17)16-13-5-3-2-4-6-13/h2-6,9-10,15H,7-8H2,1H3,(H,16,17). The summed E-state index contributed by atoms with van der Waals surface area (Å²) in [5, 5.41) is 10.2. The third-order valence-electron chi connectivity index (χ3n) is 2.62. The maximum absolute atomic E-state index is 11.7. The number of carbonyl (C=O) groups is 1. The molecule has 0 aliphatic carbocycles. The number of aryl methyl sites for hydroxylation is 1. The van der Waals surface area contributed by atoms with E-state index in [0.717, 1.165) is 12.2 Å². The summed E-state index contributed by atoms with van der Waals surface area (Å²) >= 11 is 1.69. The van der Waals surface area contributed by atoms with Gasteiger partial charge in [0.1, 0.15) is 0 Å². The van der Waals surface area contributed by atoms with Crippen molar-refractivity contribution in [2.75, 3.05) is 11.9 Å². The fraction of sp³-hybridized carbons (Fsp3) is 0.214. The Bertz CT molecular complexity index is 508. The van der Waals surface area contributed by atoms with Gasteiger partial charge in [-0.1, -0.05) is 18.2 Å². The summed E-state index contributed by atoms with van der Waals surface area (Å²) in [6, 6.07) is 9.48. The molecule has 1 aromatic heterocycles. The predicted octanol–water partition coefficient (Wildman–Crippen LogP) is 2.78. The molecule has 4 heteroatoms. The lowest BCUT2D eigenvalue weighted by Crippen LogP contribution is -2.27. The maximum Gasteiger partial charge on any atom is 0.238 e. The molecular weight excluding hydrogens is 244 g/mol. The van der Waals surface area contributed by atoms with Crippen LogP contribution in [0.3, 0.4) is 0 Å². The number of nitrogens with one attached hydrogen (secondary N) is 2. The first kappa shape index (κ1) is 12.8. The van der Waals surface area contributed by atoms with Gasteiger partial charge >= 0.3 is 0 Å². The van der Waals surface area contributed by atoms with Crippen molar-refractivity contribution in [1.82, 2.24) is 5.32 Å². The van der Waals surface area contributed by atoms with Gasteiger partial charge in [-0.25, -0.2) is 0 Å². The largest absolute Gasteiger partial charge is 0.325 e. The van der Waals surface area contributed by atoms with E-state index in [4.69, 9.17) is 0 Å². The second-order valence-electron chi connectivity index (χ2n) is 4.10. The molecule has 0 bridgehead atoms. The minimum Gasteiger partial charge on any atom is -0.325 e. The molecule has 1 amide bonds. The van der Waals surface area contributed by atoms with Crippen molar-refractivity contribution in [2.24, 2.45) is 0 Å². The van der Waals surface area contributed by atoms with E-state index in [0.29, 0.717) is 6.54 Å². The molecule has 2 aromatic rings. The van der Waals surface area contributed by atoms with Gasteiger partial charge in [0.15, 0.2) is 0 Å². The Morgan fingerprint density at radius 2 is 2.00 bits per heavy atom. The summed E-state index contributed by atoms with van der Waals surface area (Å²) in [4.78, 5) is 11.7. The SMILES string of the molecule is Cc1cscc1CNCC(=O)Nc1ccccc1. The average molecular weight is 260 g/mol. The van der Waals surface area contributed by atoms with E-state index in [2.05, 4.69) is 28.3 Å². The normalized spacial score (nSPS) is 10.3. The van der Waals surface area contributed by atoms with E-state index in [1.54, 1.807) is 11.3 Å². The average Bonchev–Trinajstić information content (AvgIpc) is 2.76. The summed E-state index contributed by atoms with van der Waals surface area (Å²) in [5.41, 5.74) is 3.36. The van der Waals surface area contributed by atoms with Crippen LogP contribution < -0.4 is 10.6 Å². The fourth-order valence-corrected chi connectivity index (χ4v) is 2.46. The molecule has 1 heterocycles. The number of thiophene rings is 1. The monoisotopic (exact) mass is 260 g/mol. The van der Waals surface area contributed by atoms with Crippen molar-refractivity contribution in [1.29, 1.82) is 0 Å². The lowest BCUT2D eigenvalue weighted by Gasteiger charge is -2.06. The van der Waals surface area contributed by atoms with Crippen molar-refractivity contribution < 1.29 is 4.79 Å². The number of amides is 1. The number of hydrogen-bond acceptors (Lipinski definition) is 3. The van der Waals surface area contributed by atoms with Crippen molar-refractivity contribution in [3.63, 3.8) is 0 Å². The molecule has 2 N–H and O–H groups in total. The minimum absolute atomic E-state index is 0.0194. The smallest absolute Gasteiger partial charge is 0.238 e. The van der Waals surface area contributed by atoms with Crippen LogP contribution in [0, 0.1) is 6.92 Å². The van der Waals surface area contributed by atoms with Gasteiger partial charge < -0.3 is 10.6 Å². The molecule has 0 spiro atoms. The number of anilines is 1. The molecule has 0 aliphatic heterocycles. The summed E-state index contributed by atoms with van der Waals surface area (Å²) in [7, 11) is 0. The number of para-hydroxylation sites is 1. The van der Waals surface area contributed by atoms with Crippen molar-refractivity contribution in [3.05, 3.63) is 52.2 Å². The third-order valence-corrected chi connectivity index (χ3v) is 3.53. The maximum atomic E-state index is 11.7. The van der Waals surface area contributed by atoms with E-state index in [9.17, 15) is 4.79 Å². The fourth-order valence-electron chi connectivity index (χ4n) is 1.61. The molecule has 94 valence electrons. The second kappa shape index (κ2) is 6.33. The molecule has 0 saturated heterocycles. The van der Waals surface area contributed by atoms with Crippen molar-refractivity contribution >= 4 is 22.9 Å². The summed E-state index contributed by atoms with van der Waals surface area (Å²) in [5.74, 6) is -0.0194. The Labute approximate surface area is 111 Å². The van der Waals surface area contributed by atoms with Crippen molar-refractivity contribution in [2.45, 2.75) is 13.5 Å². The first-order valence-corrected chi connectivity index (χ1v) is 6.77. The highest BCUT2D eigenvalue weighted by Gasteiger charge is 2.03. The zero-order chi connectivity index (χ0) is 12.8. The number of benzene rings is 1. The molecule has 0 radical (unpaired) electrons. The summed E-state index contributed by atoms with van der Waals surface area (Å²) in [6.45, 7) is 3.14. The van der Waals surface area contributed by atoms with Crippen LogP contribution >= 0.6 is 11.3 Å².